The van der Waals surface area contributed by atoms with Crippen LogP contribution in [-0.2, 0) is 13.5 Å². The zero-order valence-electron chi connectivity index (χ0n) is 7.66. The van der Waals surface area contributed by atoms with Gasteiger partial charge in [-0.2, -0.15) is 10.4 Å². The molecule has 3 nitrogen and oxygen atoms in total. The van der Waals surface area contributed by atoms with Crippen molar-refractivity contribution in [1.29, 1.82) is 5.26 Å². The molecule has 0 atom stereocenters. The summed E-state index contributed by atoms with van der Waals surface area (Å²) in [6.07, 6.45) is 0.418. The molecular formula is C10H8BrN3. The summed E-state index contributed by atoms with van der Waals surface area (Å²) < 4.78 is 2.61. The number of benzene rings is 1. The molecule has 0 spiro atoms. The summed E-state index contributed by atoms with van der Waals surface area (Å²) in [5, 5.41) is 14.0. The third-order valence-electron chi connectivity index (χ3n) is 2.19. The minimum absolute atomic E-state index is 0.418. The van der Waals surface area contributed by atoms with Gasteiger partial charge in [-0.1, -0.05) is 12.1 Å². The average Bonchev–Trinajstić information content (AvgIpc) is 2.44. The summed E-state index contributed by atoms with van der Waals surface area (Å²) in [5.74, 6) is 0. The van der Waals surface area contributed by atoms with E-state index >= 15 is 0 Å². The van der Waals surface area contributed by atoms with Crippen LogP contribution in [0.5, 0.6) is 0 Å². The zero-order valence-corrected chi connectivity index (χ0v) is 9.24. The summed E-state index contributed by atoms with van der Waals surface area (Å²) in [6.45, 7) is 0. The lowest BCUT2D eigenvalue weighted by molar-refractivity contribution is 0.788. The zero-order chi connectivity index (χ0) is 10.1. The Morgan fingerprint density at radius 2 is 2.36 bits per heavy atom. The first-order valence-electron chi connectivity index (χ1n) is 4.21. The van der Waals surface area contributed by atoms with E-state index in [1.807, 2.05) is 25.2 Å². The second kappa shape index (κ2) is 3.43. The van der Waals surface area contributed by atoms with Gasteiger partial charge in [-0.25, -0.2) is 0 Å². The second-order valence-electron chi connectivity index (χ2n) is 3.06. The van der Waals surface area contributed by atoms with Crippen molar-refractivity contribution in [3.8, 4) is 6.07 Å². The molecule has 1 heterocycles. The fourth-order valence-corrected chi connectivity index (χ4v) is 2.26. The smallest absolute Gasteiger partial charge is 0.136 e. The Bertz CT molecular complexity index is 522. The lowest BCUT2D eigenvalue weighted by atomic mass is 10.1. The number of fused-ring (bicyclic) bond motifs is 1. The van der Waals surface area contributed by atoms with Gasteiger partial charge in [0.15, 0.2) is 0 Å². The maximum Gasteiger partial charge on any atom is 0.136 e. The first-order valence-corrected chi connectivity index (χ1v) is 5.00. The highest BCUT2D eigenvalue weighted by Crippen LogP contribution is 2.26. The molecule has 0 aliphatic carbocycles. The van der Waals surface area contributed by atoms with E-state index in [-0.39, 0.29) is 0 Å². The number of nitriles is 1. The molecule has 4 heteroatoms. The SMILES string of the molecule is Cn1nc(Br)c2c(CC#N)cccc21. The first kappa shape index (κ1) is 9.22. The van der Waals surface area contributed by atoms with E-state index in [0.29, 0.717) is 6.42 Å². The van der Waals surface area contributed by atoms with Gasteiger partial charge in [0.2, 0.25) is 0 Å². The van der Waals surface area contributed by atoms with E-state index in [0.717, 1.165) is 21.1 Å². The molecule has 1 aromatic heterocycles. The molecule has 0 aliphatic heterocycles. The highest BCUT2D eigenvalue weighted by molar-refractivity contribution is 9.10. The Labute approximate surface area is 90.1 Å². The van der Waals surface area contributed by atoms with E-state index < -0.39 is 0 Å². The van der Waals surface area contributed by atoms with Crippen LogP contribution in [0, 0.1) is 11.3 Å². The number of rotatable bonds is 1. The molecule has 2 rings (SSSR count). The number of nitrogens with zero attached hydrogens (tertiary/aromatic N) is 3. The average molecular weight is 250 g/mol. The number of hydrogen-bond acceptors (Lipinski definition) is 2. The monoisotopic (exact) mass is 249 g/mol. The van der Waals surface area contributed by atoms with Gasteiger partial charge in [-0.15, -0.1) is 0 Å². The van der Waals surface area contributed by atoms with Gasteiger partial charge in [0.05, 0.1) is 18.0 Å². The van der Waals surface area contributed by atoms with Crippen LogP contribution in [0.15, 0.2) is 22.8 Å². The summed E-state index contributed by atoms with van der Waals surface area (Å²) >= 11 is 3.40. The first-order chi connectivity index (χ1) is 6.74. The van der Waals surface area contributed by atoms with Crippen molar-refractivity contribution in [1.82, 2.24) is 9.78 Å². The van der Waals surface area contributed by atoms with E-state index in [1.165, 1.54) is 0 Å². The molecule has 0 radical (unpaired) electrons. The Morgan fingerprint density at radius 3 is 3.07 bits per heavy atom. The standard InChI is InChI=1S/C10H8BrN3/c1-14-8-4-2-3-7(5-6-12)9(8)10(11)13-14/h2-4H,5H2,1H3. The van der Waals surface area contributed by atoms with Crippen molar-refractivity contribution in [2.24, 2.45) is 7.05 Å². The molecule has 0 fully saturated rings. The minimum atomic E-state index is 0.418. The van der Waals surface area contributed by atoms with Gasteiger partial charge in [-0.05, 0) is 27.6 Å². The Kier molecular flexibility index (Phi) is 2.26. The van der Waals surface area contributed by atoms with Crippen molar-refractivity contribution < 1.29 is 0 Å². The van der Waals surface area contributed by atoms with Gasteiger partial charge in [-0.3, -0.25) is 4.68 Å². The molecule has 0 saturated carbocycles. The third kappa shape index (κ3) is 1.30. The van der Waals surface area contributed by atoms with Crippen LogP contribution < -0.4 is 0 Å². The Hall–Kier alpha value is -1.34. The largest absolute Gasteiger partial charge is 0.267 e. The maximum atomic E-state index is 8.68. The van der Waals surface area contributed by atoms with E-state index in [2.05, 4.69) is 27.1 Å². The van der Waals surface area contributed by atoms with Crippen LogP contribution in [0.1, 0.15) is 5.56 Å². The van der Waals surface area contributed by atoms with Crippen molar-refractivity contribution in [3.63, 3.8) is 0 Å². The third-order valence-corrected chi connectivity index (χ3v) is 2.75. The van der Waals surface area contributed by atoms with Gasteiger partial charge < -0.3 is 0 Å². The van der Waals surface area contributed by atoms with E-state index in [1.54, 1.807) is 4.68 Å². The number of aryl methyl sites for hydroxylation is 1. The molecule has 1 aromatic carbocycles. The molecule has 2 aromatic rings. The van der Waals surface area contributed by atoms with Crippen LogP contribution in [0.2, 0.25) is 0 Å². The molecule has 0 aliphatic rings. The van der Waals surface area contributed by atoms with Crippen LogP contribution in [0.4, 0.5) is 0 Å². The molecule has 0 amide bonds. The van der Waals surface area contributed by atoms with Crippen LogP contribution in [-0.4, -0.2) is 9.78 Å². The van der Waals surface area contributed by atoms with E-state index in [9.17, 15) is 0 Å². The summed E-state index contributed by atoms with van der Waals surface area (Å²) in [4.78, 5) is 0. The highest BCUT2D eigenvalue weighted by Gasteiger charge is 2.09. The van der Waals surface area contributed by atoms with Crippen LogP contribution in [0.25, 0.3) is 10.9 Å². The predicted octanol–water partition coefficient (Wildman–Crippen LogP) is 2.40. The summed E-state index contributed by atoms with van der Waals surface area (Å²) in [5.41, 5.74) is 2.06. The van der Waals surface area contributed by atoms with Crippen molar-refractivity contribution in [2.75, 3.05) is 0 Å². The van der Waals surface area contributed by atoms with Gasteiger partial charge in [0, 0.05) is 12.4 Å². The van der Waals surface area contributed by atoms with Crippen LogP contribution in [0.3, 0.4) is 0 Å². The molecule has 0 unspecified atom stereocenters. The fraction of sp³-hybridized carbons (Fsp3) is 0.200. The van der Waals surface area contributed by atoms with Crippen molar-refractivity contribution >= 4 is 26.8 Å². The normalized spacial score (nSPS) is 10.4. The van der Waals surface area contributed by atoms with Gasteiger partial charge in [0.25, 0.3) is 0 Å². The molecule has 70 valence electrons. The van der Waals surface area contributed by atoms with Crippen molar-refractivity contribution in [2.45, 2.75) is 6.42 Å². The Morgan fingerprint density at radius 1 is 1.57 bits per heavy atom. The molecule has 0 bridgehead atoms. The predicted molar refractivity (Wildman–Crippen MR) is 57.7 cm³/mol. The summed E-state index contributed by atoms with van der Waals surface area (Å²) in [7, 11) is 1.89. The topological polar surface area (TPSA) is 41.6 Å². The van der Waals surface area contributed by atoms with Gasteiger partial charge >= 0.3 is 0 Å². The number of halogens is 1. The lowest BCUT2D eigenvalue weighted by Crippen LogP contribution is -1.89. The van der Waals surface area contributed by atoms with Crippen molar-refractivity contribution in [3.05, 3.63) is 28.4 Å². The molecule has 14 heavy (non-hydrogen) atoms. The number of hydrogen-bond donors (Lipinski definition) is 0. The number of aromatic nitrogens is 2. The molecule has 0 N–H and O–H groups in total. The second-order valence-corrected chi connectivity index (χ2v) is 3.81. The maximum absolute atomic E-state index is 8.68. The Balaban J connectivity index is 2.80. The van der Waals surface area contributed by atoms with E-state index in [4.69, 9.17) is 5.26 Å². The summed E-state index contributed by atoms with van der Waals surface area (Å²) in [6, 6.07) is 8.05. The quantitative estimate of drug-likeness (QED) is 0.779. The van der Waals surface area contributed by atoms with Crippen LogP contribution >= 0.6 is 15.9 Å². The highest BCUT2D eigenvalue weighted by atomic mass is 79.9. The lowest BCUT2D eigenvalue weighted by Gasteiger charge is -1.97. The minimum Gasteiger partial charge on any atom is -0.267 e. The molecular weight excluding hydrogens is 242 g/mol. The fourth-order valence-electron chi connectivity index (χ4n) is 1.56. The molecule has 0 saturated heterocycles. The van der Waals surface area contributed by atoms with Gasteiger partial charge in [0.1, 0.15) is 4.60 Å².